The Hall–Kier alpha value is -1.95. The summed E-state index contributed by atoms with van der Waals surface area (Å²) in [5.41, 5.74) is 9.88. The minimum absolute atomic E-state index is 0.0591. The van der Waals surface area contributed by atoms with E-state index in [0.717, 1.165) is 17.2 Å². The van der Waals surface area contributed by atoms with Gasteiger partial charge in [0.2, 0.25) is 0 Å². The van der Waals surface area contributed by atoms with Gasteiger partial charge in [-0.2, -0.15) is 0 Å². The minimum atomic E-state index is 0.0591. The van der Waals surface area contributed by atoms with Crippen LogP contribution in [0.3, 0.4) is 0 Å². The fraction of sp³-hybridized carbons (Fsp3) is 0.250. The molecule has 0 aromatic carbocycles. The third-order valence-electron chi connectivity index (χ3n) is 2.52. The molecule has 0 aliphatic heterocycles. The first kappa shape index (κ1) is 12.5. The standard InChI is InChI=1S/C12H15N5S/c1-8-3-9(12(13)14)4-11(16-8)17(2)5-10-6-18-7-15-10/h3-4,6-7H,5H2,1-2H3,(H3,13,14). The maximum atomic E-state index is 7.49. The van der Waals surface area contributed by atoms with Crippen molar-refractivity contribution in [3.8, 4) is 0 Å². The van der Waals surface area contributed by atoms with E-state index in [9.17, 15) is 0 Å². The first-order chi connectivity index (χ1) is 8.56. The summed E-state index contributed by atoms with van der Waals surface area (Å²) < 4.78 is 0. The van der Waals surface area contributed by atoms with Crippen LogP contribution < -0.4 is 10.6 Å². The highest BCUT2D eigenvalue weighted by molar-refractivity contribution is 7.07. The lowest BCUT2D eigenvalue weighted by atomic mass is 10.2. The molecule has 18 heavy (non-hydrogen) atoms. The zero-order valence-electron chi connectivity index (χ0n) is 10.3. The SMILES string of the molecule is Cc1cc(C(=N)N)cc(N(C)Cc2cscn2)n1. The van der Waals surface area contributed by atoms with E-state index < -0.39 is 0 Å². The summed E-state index contributed by atoms with van der Waals surface area (Å²) in [4.78, 5) is 10.7. The van der Waals surface area contributed by atoms with Crippen molar-refractivity contribution in [2.45, 2.75) is 13.5 Å². The molecule has 2 aromatic rings. The van der Waals surface area contributed by atoms with Crippen LogP contribution in [-0.2, 0) is 6.54 Å². The van der Waals surface area contributed by atoms with Crippen molar-refractivity contribution >= 4 is 23.0 Å². The fourth-order valence-corrected chi connectivity index (χ4v) is 2.19. The van der Waals surface area contributed by atoms with Crippen molar-refractivity contribution in [3.63, 3.8) is 0 Å². The summed E-state index contributed by atoms with van der Waals surface area (Å²) in [5.74, 6) is 0.858. The third-order valence-corrected chi connectivity index (χ3v) is 3.16. The van der Waals surface area contributed by atoms with Gasteiger partial charge in [0.25, 0.3) is 0 Å². The molecule has 0 fully saturated rings. The molecule has 0 unspecified atom stereocenters. The van der Waals surface area contributed by atoms with E-state index in [-0.39, 0.29) is 5.84 Å². The molecule has 0 saturated heterocycles. The second kappa shape index (κ2) is 5.14. The molecule has 2 rings (SSSR count). The number of nitrogen functional groups attached to an aromatic ring is 1. The Labute approximate surface area is 110 Å². The molecule has 0 saturated carbocycles. The second-order valence-electron chi connectivity index (χ2n) is 4.10. The quantitative estimate of drug-likeness (QED) is 0.649. The van der Waals surface area contributed by atoms with Gasteiger partial charge in [0.1, 0.15) is 11.7 Å². The molecule has 0 aliphatic rings. The molecule has 3 N–H and O–H groups in total. The number of hydrogen-bond donors (Lipinski definition) is 2. The number of aromatic nitrogens is 2. The smallest absolute Gasteiger partial charge is 0.129 e. The van der Waals surface area contributed by atoms with Crippen molar-refractivity contribution in [2.75, 3.05) is 11.9 Å². The first-order valence-electron chi connectivity index (χ1n) is 5.47. The molecule has 94 valence electrons. The van der Waals surface area contributed by atoms with Gasteiger partial charge < -0.3 is 10.6 Å². The van der Waals surface area contributed by atoms with Crippen LogP contribution in [0, 0.1) is 12.3 Å². The second-order valence-corrected chi connectivity index (χ2v) is 4.82. The molecule has 2 aromatic heterocycles. The number of aryl methyl sites for hydroxylation is 1. The summed E-state index contributed by atoms with van der Waals surface area (Å²) in [6, 6.07) is 3.63. The van der Waals surface area contributed by atoms with Crippen molar-refractivity contribution in [2.24, 2.45) is 5.73 Å². The number of nitrogens with two attached hydrogens (primary N) is 1. The highest BCUT2D eigenvalue weighted by Crippen LogP contribution is 2.16. The molecule has 0 atom stereocenters. The predicted molar refractivity (Wildman–Crippen MR) is 74.2 cm³/mol. The van der Waals surface area contributed by atoms with Gasteiger partial charge in [-0.05, 0) is 19.1 Å². The monoisotopic (exact) mass is 261 g/mol. The average molecular weight is 261 g/mol. The minimum Gasteiger partial charge on any atom is -0.384 e. The van der Waals surface area contributed by atoms with Crippen molar-refractivity contribution in [1.82, 2.24) is 9.97 Å². The molecule has 0 aliphatic carbocycles. The van der Waals surface area contributed by atoms with E-state index in [2.05, 4.69) is 9.97 Å². The number of amidine groups is 1. The first-order valence-corrected chi connectivity index (χ1v) is 6.42. The number of pyridine rings is 1. The van der Waals surface area contributed by atoms with E-state index in [4.69, 9.17) is 11.1 Å². The van der Waals surface area contributed by atoms with Gasteiger partial charge in [0, 0.05) is 23.7 Å². The Kier molecular flexibility index (Phi) is 3.57. The van der Waals surface area contributed by atoms with Gasteiger partial charge in [-0.3, -0.25) is 5.41 Å². The van der Waals surface area contributed by atoms with E-state index in [1.165, 1.54) is 0 Å². The van der Waals surface area contributed by atoms with Crippen LogP contribution in [-0.4, -0.2) is 22.9 Å². The van der Waals surface area contributed by atoms with Crippen LogP contribution >= 0.6 is 11.3 Å². The Morgan fingerprint density at radius 2 is 2.28 bits per heavy atom. The van der Waals surface area contributed by atoms with E-state index >= 15 is 0 Å². The molecule has 0 amide bonds. The predicted octanol–water partition coefficient (Wildman–Crippen LogP) is 1.77. The van der Waals surface area contributed by atoms with Crippen molar-refractivity contribution in [3.05, 3.63) is 40.0 Å². The molecule has 5 nitrogen and oxygen atoms in total. The number of rotatable bonds is 4. The number of nitrogens with zero attached hydrogens (tertiary/aromatic N) is 3. The van der Waals surface area contributed by atoms with Gasteiger partial charge in [0.15, 0.2) is 0 Å². The molecule has 6 heteroatoms. The number of nitrogens with one attached hydrogen (secondary N) is 1. The Morgan fingerprint density at radius 1 is 1.50 bits per heavy atom. The molecule has 2 heterocycles. The Morgan fingerprint density at radius 3 is 2.89 bits per heavy atom. The molecule has 0 radical (unpaired) electrons. The van der Waals surface area contributed by atoms with Crippen LogP contribution in [0.25, 0.3) is 0 Å². The Bertz CT molecular complexity index is 550. The average Bonchev–Trinajstić information content (AvgIpc) is 2.80. The summed E-state index contributed by atoms with van der Waals surface area (Å²) in [6.45, 7) is 2.59. The maximum absolute atomic E-state index is 7.49. The van der Waals surface area contributed by atoms with Crippen LogP contribution in [0.5, 0.6) is 0 Å². The third kappa shape index (κ3) is 2.84. The largest absolute Gasteiger partial charge is 0.384 e. The zero-order valence-corrected chi connectivity index (χ0v) is 11.2. The highest BCUT2D eigenvalue weighted by atomic mass is 32.1. The van der Waals surface area contributed by atoms with Gasteiger partial charge >= 0.3 is 0 Å². The lowest BCUT2D eigenvalue weighted by Gasteiger charge is -2.18. The van der Waals surface area contributed by atoms with Gasteiger partial charge in [-0.1, -0.05) is 0 Å². The van der Waals surface area contributed by atoms with Gasteiger partial charge in [-0.15, -0.1) is 11.3 Å². The van der Waals surface area contributed by atoms with Crippen LogP contribution in [0.4, 0.5) is 5.82 Å². The topological polar surface area (TPSA) is 78.9 Å². The summed E-state index contributed by atoms with van der Waals surface area (Å²) in [6.07, 6.45) is 0. The normalized spacial score (nSPS) is 10.3. The van der Waals surface area contributed by atoms with Crippen LogP contribution in [0.2, 0.25) is 0 Å². The van der Waals surface area contributed by atoms with Gasteiger partial charge in [-0.25, -0.2) is 9.97 Å². The molecule has 0 bridgehead atoms. The van der Waals surface area contributed by atoms with E-state index in [1.807, 2.05) is 41.9 Å². The summed E-state index contributed by atoms with van der Waals surface area (Å²) in [5, 5.41) is 9.50. The molecule has 0 spiro atoms. The maximum Gasteiger partial charge on any atom is 0.129 e. The fourth-order valence-electron chi connectivity index (χ4n) is 1.64. The molecular weight excluding hydrogens is 246 g/mol. The van der Waals surface area contributed by atoms with Crippen LogP contribution in [0.15, 0.2) is 23.0 Å². The summed E-state index contributed by atoms with van der Waals surface area (Å²) in [7, 11) is 1.95. The lowest BCUT2D eigenvalue weighted by molar-refractivity contribution is 0.869. The van der Waals surface area contributed by atoms with Crippen LogP contribution in [0.1, 0.15) is 17.0 Å². The highest BCUT2D eigenvalue weighted by Gasteiger charge is 2.08. The summed E-state index contributed by atoms with van der Waals surface area (Å²) >= 11 is 1.58. The van der Waals surface area contributed by atoms with Crippen molar-refractivity contribution < 1.29 is 0 Å². The van der Waals surface area contributed by atoms with E-state index in [1.54, 1.807) is 11.3 Å². The van der Waals surface area contributed by atoms with Gasteiger partial charge in [0.05, 0.1) is 17.7 Å². The molecular formula is C12H15N5S. The van der Waals surface area contributed by atoms with E-state index in [0.29, 0.717) is 12.1 Å². The number of anilines is 1. The zero-order chi connectivity index (χ0) is 13.1. The number of thiazole rings is 1. The lowest BCUT2D eigenvalue weighted by Crippen LogP contribution is -2.20. The Balaban J connectivity index is 2.24. The van der Waals surface area contributed by atoms with Crippen molar-refractivity contribution in [1.29, 1.82) is 5.41 Å². The number of hydrogen-bond acceptors (Lipinski definition) is 5.